The van der Waals surface area contributed by atoms with E-state index in [9.17, 15) is 0 Å². The van der Waals surface area contributed by atoms with E-state index >= 15 is 0 Å². The Morgan fingerprint density at radius 2 is 1.79 bits per heavy atom. The lowest BCUT2D eigenvalue weighted by Crippen LogP contribution is -2.53. The molecule has 0 aliphatic carbocycles. The van der Waals surface area contributed by atoms with Crippen molar-refractivity contribution in [2.24, 2.45) is 0 Å². The van der Waals surface area contributed by atoms with E-state index < -0.39 is 0 Å². The Labute approximate surface area is 121 Å². The van der Waals surface area contributed by atoms with Crippen LogP contribution in [0, 0.1) is 0 Å². The van der Waals surface area contributed by atoms with E-state index in [1.807, 2.05) is 0 Å². The molecule has 0 spiro atoms. The highest BCUT2D eigenvalue weighted by molar-refractivity contribution is 4.85. The average molecular weight is 272 g/mol. The zero-order chi connectivity index (χ0) is 14.7. The first kappa shape index (κ1) is 18.9. The highest BCUT2D eigenvalue weighted by atomic mass is 16.5. The monoisotopic (exact) mass is 272 g/mol. The molecular formula is C16H36N2O. The lowest BCUT2D eigenvalue weighted by Gasteiger charge is -2.40. The van der Waals surface area contributed by atoms with E-state index in [1.165, 1.54) is 25.7 Å². The van der Waals surface area contributed by atoms with Gasteiger partial charge in [-0.1, -0.05) is 34.1 Å². The van der Waals surface area contributed by atoms with Gasteiger partial charge in [-0.2, -0.15) is 0 Å². The number of hydrogen-bond acceptors (Lipinski definition) is 3. The molecule has 3 atom stereocenters. The summed E-state index contributed by atoms with van der Waals surface area (Å²) in [5.41, 5.74) is 0. The summed E-state index contributed by atoms with van der Waals surface area (Å²) in [5.74, 6) is 0. The van der Waals surface area contributed by atoms with Gasteiger partial charge >= 0.3 is 0 Å². The third-order valence-electron chi connectivity index (χ3n) is 4.09. The maximum Gasteiger partial charge on any atom is 0.0589 e. The first-order valence-electron chi connectivity index (χ1n) is 8.14. The van der Waals surface area contributed by atoms with Gasteiger partial charge in [0.05, 0.1) is 6.61 Å². The second-order valence-corrected chi connectivity index (χ2v) is 5.42. The van der Waals surface area contributed by atoms with Crippen molar-refractivity contribution in [3.05, 3.63) is 0 Å². The maximum atomic E-state index is 5.30. The second kappa shape index (κ2) is 11.7. The molecule has 0 amide bonds. The molecular weight excluding hydrogens is 236 g/mol. The summed E-state index contributed by atoms with van der Waals surface area (Å²) >= 11 is 0. The van der Waals surface area contributed by atoms with Crippen LogP contribution in [0.2, 0.25) is 0 Å². The minimum absolute atomic E-state index is 0.603. The molecule has 0 saturated heterocycles. The number of nitrogens with zero attached hydrogens (tertiary/aromatic N) is 1. The molecule has 0 aromatic carbocycles. The van der Waals surface area contributed by atoms with Crippen molar-refractivity contribution in [3.8, 4) is 0 Å². The molecule has 1 N–H and O–H groups in total. The lowest BCUT2D eigenvalue weighted by atomic mass is 9.97. The topological polar surface area (TPSA) is 24.5 Å². The number of rotatable bonds is 12. The van der Waals surface area contributed by atoms with Crippen LogP contribution in [0.25, 0.3) is 0 Å². The third kappa shape index (κ3) is 6.73. The van der Waals surface area contributed by atoms with Crippen LogP contribution in [0.15, 0.2) is 0 Å². The Kier molecular flexibility index (Phi) is 11.6. The summed E-state index contributed by atoms with van der Waals surface area (Å²) in [6, 6.07) is 1.84. The standard InChI is InChI=1S/C16H36N2O/c1-7-11-15(17-10-4)16(9-3)18(12-13-19-6)14(5)8-2/h14-17H,7-13H2,1-6H3. The predicted octanol–water partition coefficient (Wildman–Crippen LogP) is 3.29. The van der Waals surface area contributed by atoms with E-state index in [2.05, 4.69) is 44.8 Å². The number of ether oxygens (including phenoxy) is 1. The number of nitrogens with one attached hydrogen (secondary N) is 1. The summed E-state index contributed by atoms with van der Waals surface area (Å²) in [6.45, 7) is 14.3. The van der Waals surface area contributed by atoms with Crippen LogP contribution in [0.4, 0.5) is 0 Å². The minimum Gasteiger partial charge on any atom is -0.383 e. The fraction of sp³-hybridized carbons (Fsp3) is 1.00. The summed E-state index contributed by atoms with van der Waals surface area (Å²) < 4.78 is 5.30. The van der Waals surface area contributed by atoms with Crippen LogP contribution in [0.3, 0.4) is 0 Å². The van der Waals surface area contributed by atoms with Crippen LogP contribution in [-0.4, -0.2) is 49.8 Å². The van der Waals surface area contributed by atoms with Gasteiger partial charge in [-0.15, -0.1) is 0 Å². The zero-order valence-electron chi connectivity index (χ0n) is 14.0. The van der Waals surface area contributed by atoms with Crippen molar-refractivity contribution < 1.29 is 4.74 Å². The molecule has 19 heavy (non-hydrogen) atoms. The van der Waals surface area contributed by atoms with Crippen molar-refractivity contribution in [1.29, 1.82) is 0 Å². The Hall–Kier alpha value is -0.120. The van der Waals surface area contributed by atoms with Gasteiger partial charge in [0.2, 0.25) is 0 Å². The molecule has 0 aliphatic rings. The maximum absolute atomic E-state index is 5.30. The number of methoxy groups -OCH3 is 1. The summed E-state index contributed by atoms with van der Waals surface area (Å²) in [6.07, 6.45) is 4.90. The van der Waals surface area contributed by atoms with E-state index in [4.69, 9.17) is 4.74 Å². The third-order valence-corrected chi connectivity index (χ3v) is 4.09. The van der Waals surface area contributed by atoms with Crippen LogP contribution >= 0.6 is 0 Å². The lowest BCUT2D eigenvalue weighted by molar-refractivity contribution is 0.0665. The Balaban J connectivity index is 4.84. The van der Waals surface area contributed by atoms with Gasteiger partial charge in [0.1, 0.15) is 0 Å². The summed E-state index contributed by atoms with van der Waals surface area (Å²) in [4.78, 5) is 2.65. The van der Waals surface area contributed by atoms with Gasteiger partial charge in [0, 0.05) is 31.8 Å². The molecule has 0 saturated carbocycles. The molecule has 0 radical (unpaired) electrons. The molecule has 0 aliphatic heterocycles. The van der Waals surface area contributed by atoms with Crippen LogP contribution in [0.1, 0.15) is 60.3 Å². The summed E-state index contributed by atoms with van der Waals surface area (Å²) in [5, 5.41) is 3.69. The van der Waals surface area contributed by atoms with Gasteiger partial charge in [-0.05, 0) is 32.7 Å². The van der Waals surface area contributed by atoms with Gasteiger partial charge in [-0.3, -0.25) is 4.90 Å². The first-order chi connectivity index (χ1) is 9.15. The van der Waals surface area contributed by atoms with Crippen molar-refractivity contribution in [2.75, 3.05) is 26.8 Å². The molecule has 3 heteroatoms. The smallest absolute Gasteiger partial charge is 0.0589 e. The Morgan fingerprint density at radius 3 is 2.21 bits per heavy atom. The molecule has 0 aromatic heterocycles. The van der Waals surface area contributed by atoms with Crippen LogP contribution in [0.5, 0.6) is 0 Å². The van der Waals surface area contributed by atoms with Gasteiger partial charge < -0.3 is 10.1 Å². The quantitative estimate of drug-likeness (QED) is 0.590. The fourth-order valence-electron chi connectivity index (χ4n) is 2.90. The molecule has 3 unspecified atom stereocenters. The second-order valence-electron chi connectivity index (χ2n) is 5.42. The van der Waals surface area contributed by atoms with E-state index in [0.29, 0.717) is 18.1 Å². The van der Waals surface area contributed by atoms with Crippen LogP contribution in [-0.2, 0) is 4.74 Å². The molecule has 0 bridgehead atoms. The van der Waals surface area contributed by atoms with Crippen molar-refractivity contribution in [2.45, 2.75) is 78.4 Å². The Morgan fingerprint density at radius 1 is 1.11 bits per heavy atom. The van der Waals surface area contributed by atoms with Crippen molar-refractivity contribution >= 4 is 0 Å². The van der Waals surface area contributed by atoms with E-state index in [0.717, 1.165) is 19.7 Å². The molecule has 3 nitrogen and oxygen atoms in total. The highest BCUT2D eigenvalue weighted by Crippen LogP contribution is 2.18. The number of hydrogen-bond donors (Lipinski definition) is 1. The average Bonchev–Trinajstić information content (AvgIpc) is 2.42. The van der Waals surface area contributed by atoms with Crippen LogP contribution < -0.4 is 5.32 Å². The van der Waals surface area contributed by atoms with Crippen molar-refractivity contribution in [1.82, 2.24) is 10.2 Å². The summed E-state index contributed by atoms with van der Waals surface area (Å²) in [7, 11) is 1.80. The molecule has 0 heterocycles. The van der Waals surface area contributed by atoms with Gasteiger partial charge in [0.25, 0.3) is 0 Å². The molecule has 0 fully saturated rings. The van der Waals surface area contributed by atoms with Gasteiger partial charge in [-0.25, -0.2) is 0 Å². The zero-order valence-corrected chi connectivity index (χ0v) is 14.0. The molecule has 0 aromatic rings. The predicted molar refractivity (Wildman–Crippen MR) is 84.8 cm³/mol. The SMILES string of the molecule is CCCC(NCC)C(CC)N(CCOC)C(C)CC. The van der Waals surface area contributed by atoms with Crippen molar-refractivity contribution in [3.63, 3.8) is 0 Å². The van der Waals surface area contributed by atoms with E-state index in [1.54, 1.807) is 7.11 Å². The number of likely N-dealkylation sites (N-methyl/N-ethyl adjacent to an activating group) is 1. The minimum atomic E-state index is 0.603. The highest BCUT2D eigenvalue weighted by Gasteiger charge is 2.27. The van der Waals surface area contributed by atoms with Gasteiger partial charge in [0.15, 0.2) is 0 Å². The Bertz CT molecular complexity index is 193. The van der Waals surface area contributed by atoms with E-state index in [-0.39, 0.29) is 0 Å². The molecule has 116 valence electrons. The fourth-order valence-corrected chi connectivity index (χ4v) is 2.90. The largest absolute Gasteiger partial charge is 0.383 e. The first-order valence-corrected chi connectivity index (χ1v) is 8.14. The molecule has 0 rings (SSSR count). The normalized spacial score (nSPS) is 16.6.